The highest BCUT2D eigenvalue weighted by Gasteiger charge is 2.27. The molecule has 1 amide bonds. The van der Waals surface area contributed by atoms with Crippen LogP contribution in [0.15, 0.2) is 57.3 Å². The zero-order valence-corrected chi connectivity index (χ0v) is 22.3. The second-order valence-electron chi connectivity index (χ2n) is 9.35. The number of carbonyl (C=O) groups is 1. The number of morpholine rings is 1. The van der Waals surface area contributed by atoms with Crippen LogP contribution in [0, 0.1) is 6.92 Å². The van der Waals surface area contributed by atoms with Crippen molar-refractivity contribution in [2.45, 2.75) is 48.7 Å². The zero-order valence-electron chi connectivity index (χ0n) is 20.7. The lowest BCUT2D eigenvalue weighted by Gasteiger charge is -2.26. The Bertz CT molecular complexity index is 1480. The van der Waals surface area contributed by atoms with E-state index in [1.807, 2.05) is 25.1 Å². The molecule has 37 heavy (non-hydrogen) atoms. The third-order valence-corrected chi connectivity index (χ3v) is 9.74. The van der Waals surface area contributed by atoms with E-state index in [0.29, 0.717) is 48.1 Å². The Labute approximate surface area is 220 Å². The van der Waals surface area contributed by atoms with Gasteiger partial charge >= 0.3 is 0 Å². The van der Waals surface area contributed by atoms with Crippen molar-refractivity contribution in [1.82, 2.24) is 13.9 Å². The molecule has 1 N–H and O–H groups in total. The summed E-state index contributed by atoms with van der Waals surface area (Å²) in [6, 6.07) is 12.1. The molecule has 5 rings (SSSR count). The van der Waals surface area contributed by atoms with E-state index in [1.54, 1.807) is 22.8 Å². The first-order chi connectivity index (χ1) is 17.8. The van der Waals surface area contributed by atoms with Crippen molar-refractivity contribution in [2.75, 3.05) is 37.4 Å². The number of thioether (sulfide) groups is 1. The Balaban J connectivity index is 1.35. The minimum atomic E-state index is -3.68. The summed E-state index contributed by atoms with van der Waals surface area (Å²) in [7, 11) is -3.68. The highest BCUT2D eigenvalue weighted by molar-refractivity contribution is 7.99. The van der Waals surface area contributed by atoms with Crippen LogP contribution in [0.2, 0.25) is 0 Å². The van der Waals surface area contributed by atoms with Crippen LogP contribution in [0.3, 0.4) is 0 Å². The number of ether oxygens (including phenoxy) is 1. The number of hydrogen-bond acceptors (Lipinski definition) is 7. The molecule has 0 radical (unpaired) electrons. The molecule has 3 aromatic rings. The number of aromatic nitrogens is 2. The lowest BCUT2D eigenvalue weighted by Crippen LogP contribution is -2.40. The maximum atomic E-state index is 13.3. The summed E-state index contributed by atoms with van der Waals surface area (Å²) in [6.07, 6.45) is 3.97. The van der Waals surface area contributed by atoms with E-state index < -0.39 is 10.0 Å². The summed E-state index contributed by atoms with van der Waals surface area (Å²) < 4.78 is 34.6. The number of carbonyl (C=O) groups excluding carboxylic acids is 1. The molecule has 11 heteroatoms. The third kappa shape index (κ3) is 5.45. The van der Waals surface area contributed by atoms with Crippen LogP contribution in [-0.2, 0) is 19.6 Å². The Kier molecular flexibility index (Phi) is 7.66. The van der Waals surface area contributed by atoms with Crippen molar-refractivity contribution in [3.63, 3.8) is 0 Å². The summed E-state index contributed by atoms with van der Waals surface area (Å²) >= 11 is 1.23. The van der Waals surface area contributed by atoms with Gasteiger partial charge in [0.2, 0.25) is 15.9 Å². The first kappa shape index (κ1) is 25.9. The average molecular weight is 543 g/mol. The molecule has 1 aliphatic carbocycles. The fourth-order valence-electron chi connectivity index (χ4n) is 4.86. The second-order valence-corrected chi connectivity index (χ2v) is 12.2. The second kappa shape index (κ2) is 10.9. The first-order valence-corrected chi connectivity index (χ1v) is 14.9. The van der Waals surface area contributed by atoms with Crippen molar-refractivity contribution in [3.05, 3.63) is 58.4 Å². The molecular weight excluding hydrogens is 512 g/mol. The van der Waals surface area contributed by atoms with Gasteiger partial charge in [-0.1, -0.05) is 42.8 Å². The lowest BCUT2D eigenvalue weighted by molar-refractivity contribution is -0.113. The Morgan fingerprint density at radius 1 is 1.14 bits per heavy atom. The average Bonchev–Trinajstić information content (AvgIpc) is 3.44. The smallest absolute Gasteiger partial charge is 0.262 e. The van der Waals surface area contributed by atoms with E-state index in [9.17, 15) is 18.0 Å². The number of sulfonamides is 1. The summed E-state index contributed by atoms with van der Waals surface area (Å²) in [5.74, 6) is -0.258. The number of fused-ring (bicyclic) bond motifs is 1. The highest BCUT2D eigenvalue weighted by atomic mass is 32.2. The molecule has 2 fully saturated rings. The van der Waals surface area contributed by atoms with Gasteiger partial charge in [-0.15, -0.1) is 0 Å². The van der Waals surface area contributed by atoms with Crippen molar-refractivity contribution in [3.8, 4) is 0 Å². The van der Waals surface area contributed by atoms with Crippen LogP contribution in [0.25, 0.3) is 10.9 Å². The normalized spacial score (nSPS) is 17.3. The molecule has 1 aliphatic heterocycles. The molecule has 2 aromatic carbocycles. The number of aryl methyl sites for hydroxylation is 1. The van der Waals surface area contributed by atoms with Gasteiger partial charge in [-0.3, -0.25) is 14.2 Å². The predicted molar refractivity (Wildman–Crippen MR) is 144 cm³/mol. The zero-order chi connectivity index (χ0) is 26.0. The molecule has 1 aromatic heterocycles. The van der Waals surface area contributed by atoms with Gasteiger partial charge in [0.25, 0.3) is 5.56 Å². The Hall–Kier alpha value is -2.73. The number of benzene rings is 2. The molecule has 9 nitrogen and oxygen atoms in total. The highest BCUT2D eigenvalue weighted by Crippen LogP contribution is 2.32. The lowest BCUT2D eigenvalue weighted by atomic mass is 10.2. The maximum Gasteiger partial charge on any atom is 0.262 e. The van der Waals surface area contributed by atoms with Gasteiger partial charge in [0, 0.05) is 24.8 Å². The van der Waals surface area contributed by atoms with Crippen molar-refractivity contribution in [2.24, 2.45) is 0 Å². The number of amides is 1. The van der Waals surface area contributed by atoms with Gasteiger partial charge in [0.05, 0.1) is 34.8 Å². The molecule has 0 bridgehead atoms. The largest absolute Gasteiger partial charge is 0.379 e. The quantitative estimate of drug-likeness (QED) is 0.359. The van der Waals surface area contributed by atoms with E-state index in [2.05, 4.69) is 5.32 Å². The molecule has 2 heterocycles. The summed E-state index contributed by atoms with van der Waals surface area (Å²) in [6.45, 7) is 3.14. The van der Waals surface area contributed by atoms with E-state index in [1.165, 1.54) is 22.1 Å². The van der Waals surface area contributed by atoms with Crippen molar-refractivity contribution >= 4 is 44.3 Å². The molecule has 1 saturated heterocycles. The standard InChI is InChI=1S/C26H30N4O5S2/c1-18-10-11-20(37(33,34)29-12-14-35-15-13-29)16-23(18)27-24(31)17-36-26-28-22-9-5-4-8-21(22)25(32)30(26)19-6-2-3-7-19/h4-5,8-11,16,19H,2-3,6-7,12-15,17H2,1H3,(H,27,31). The van der Waals surface area contributed by atoms with Gasteiger partial charge in [0.15, 0.2) is 5.16 Å². The number of anilines is 1. The molecule has 0 unspecified atom stereocenters. The minimum absolute atomic E-state index is 0.0391. The van der Waals surface area contributed by atoms with Gasteiger partial charge in [-0.25, -0.2) is 13.4 Å². The van der Waals surface area contributed by atoms with Crippen LogP contribution in [0.5, 0.6) is 0 Å². The summed E-state index contributed by atoms with van der Waals surface area (Å²) in [5.41, 5.74) is 1.74. The predicted octanol–water partition coefficient (Wildman–Crippen LogP) is 3.57. The van der Waals surface area contributed by atoms with E-state index in [4.69, 9.17) is 9.72 Å². The SMILES string of the molecule is Cc1ccc(S(=O)(=O)N2CCOCC2)cc1NC(=O)CSc1nc2ccccc2c(=O)n1C1CCCC1. The van der Waals surface area contributed by atoms with Crippen LogP contribution >= 0.6 is 11.8 Å². The van der Waals surface area contributed by atoms with Gasteiger partial charge in [-0.2, -0.15) is 4.31 Å². The monoisotopic (exact) mass is 542 g/mol. The molecule has 0 spiro atoms. The van der Waals surface area contributed by atoms with Gasteiger partial charge < -0.3 is 10.1 Å². The molecule has 196 valence electrons. The minimum Gasteiger partial charge on any atom is -0.379 e. The first-order valence-electron chi connectivity index (χ1n) is 12.5. The molecule has 1 saturated carbocycles. The summed E-state index contributed by atoms with van der Waals surface area (Å²) in [5, 5.41) is 3.97. The fraction of sp³-hybridized carbons (Fsp3) is 0.423. The van der Waals surface area contributed by atoms with Crippen molar-refractivity contribution in [1.29, 1.82) is 0 Å². The number of para-hydroxylation sites is 1. The molecule has 0 atom stereocenters. The van der Waals surface area contributed by atoms with E-state index in [0.717, 1.165) is 31.2 Å². The number of nitrogens with one attached hydrogen (secondary N) is 1. The topological polar surface area (TPSA) is 111 Å². The van der Waals surface area contributed by atoms with E-state index in [-0.39, 0.29) is 28.2 Å². The fourth-order valence-corrected chi connectivity index (χ4v) is 7.16. The van der Waals surface area contributed by atoms with Crippen LogP contribution in [0.1, 0.15) is 37.3 Å². The van der Waals surface area contributed by atoms with Crippen LogP contribution < -0.4 is 10.9 Å². The van der Waals surface area contributed by atoms with E-state index >= 15 is 0 Å². The Morgan fingerprint density at radius 3 is 2.62 bits per heavy atom. The van der Waals surface area contributed by atoms with Gasteiger partial charge in [-0.05, 0) is 49.6 Å². The van der Waals surface area contributed by atoms with Crippen LogP contribution in [0.4, 0.5) is 5.69 Å². The molecular formula is C26H30N4O5S2. The molecule has 2 aliphatic rings. The third-order valence-electron chi connectivity index (χ3n) is 6.89. The summed E-state index contributed by atoms with van der Waals surface area (Å²) in [4.78, 5) is 31.1. The number of nitrogens with zero attached hydrogens (tertiary/aromatic N) is 3. The van der Waals surface area contributed by atoms with Crippen LogP contribution in [-0.4, -0.2) is 60.2 Å². The maximum absolute atomic E-state index is 13.3. The number of rotatable bonds is 7. The number of hydrogen-bond donors (Lipinski definition) is 1. The Morgan fingerprint density at radius 2 is 1.86 bits per heavy atom. The van der Waals surface area contributed by atoms with Crippen molar-refractivity contribution < 1.29 is 17.9 Å². The van der Waals surface area contributed by atoms with Gasteiger partial charge in [0.1, 0.15) is 0 Å².